The van der Waals surface area contributed by atoms with Gasteiger partial charge in [0, 0.05) is 25.1 Å². The number of benzene rings is 1. The molecule has 0 spiro atoms. The van der Waals surface area contributed by atoms with Crippen LogP contribution in [0.5, 0.6) is 0 Å². The molecular weight excluding hydrogens is 308 g/mol. The molecule has 2 atom stereocenters. The Morgan fingerprint density at radius 3 is 2.58 bits per heavy atom. The number of nitrogens with one attached hydrogen (secondary N) is 1. The van der Waals surface area contributed by atoms with Gasteiger partial charge in [-0.25, -0.2) is 0 Å². The summed E-state index contributed by atoms with van der Waals surface area (Å²) < 4.78 is 0.914. The van der Waals surface area contributed by atoms with Gasteiger partial charge < -0.3 is 15.3 Å². The molecule has 1 rings (SSSR count). The number of hydrogen-bond donors (Lipinski definition) is 2. The zero-order valence-electron chi connectivity index (χ0n) is 11.8. The second kappa shape index (κ2) is 6.91. The molecule has 0 heterocycles. The minimum Gasteiger partial charge on any atom is -0.389 e. The molecular formula is C14H21BrN2O2. The SMILES string of the molecule is CNC(=O)C(C)CN(C)c1ccc(C(C)O)cc1Br. The highest BCUT2D eigenvalue weighted by Gasteiger charge is 2.16. The van der Waals surface area contributed by atoms with Crippen molar-refractivity contribution in [2.24, 2.45) is 5.92 Å². The summed E-state index contributed by atoms with van der Waals surface area (Å²) in [6.45, 7) is 4.26. The van der Waals surface area contributed by atoms with Gasteiger partial charge in [0.2, 0.25) is 5.91 Å². The van der Waals surface area contributed by atoms with Crippen molar-refractivity contribution < 1.29 is 9.90 Å². The third kappa shape index (κ3) is 4.21. The van der Waals surface area contributed by atoms with E-state index in [2.05, 4.69) is 21.2 Å². The summed E-state index contributed by atoms with van der Waals surface area (Å²) in [5.74, 6) is -0.0538. The molecule has 1 amide bonds. The van der Waals surface area contributed by atoms with E-state index in [9.17, 15) is 9.90 Å². The standard InChI is InChI=1S/C14H21BrN2O2/c1-9(14(19)16-3)8-17(4)13-6-5-11(10(2)18)7-12(13)15/h5-7,9-10,18H,8H2,1-4H3,(H,16,19). The van der Waals surface area contributed by atoms with Crippen LogP contribution in [0.4, 0.5) is 5.69 Å². The van der Waals surface area contributed by atoms with Crippen molar-refractivity contribution >= 4 is 27.5 Å². The van der Waals surface area contributed by atoms with Gasteiger partial charge in [-0.1, -0.05) is 13.0 Å². The molecule has 5 heteroatoms. The molecule has 0 radical (unpaired) electrons. The number of halogens is 1. The fourth-order valence-corrected chi connectivity index (χ4v) is 2.63. The lowest BCUT2D eigenvalue weighted by Gasteiger charge is -2.24. The predicted octanol–water partition coefficient (Wildman–Crippen LogP) is 2.32. The minimum absolute atomic E-state index is 0.0311. The number of anilines is 1. The molecule has 2 unspecified atom stereocenters. The van der Waals surface area contributed by atoms with Crippen molar-refractivity contribution in [3.63, 3.8) is 0 Å². The van der Waals surface area contributed by atoms with Gasteiger partial charge in [0.05, 0.1) is 17.7 Å². The van der Waals surface area contributed by atoms with Gasteiger partial charge in [-0.15, -0.1) is 0 Å². The van der Waals surface area contributed by atoms with Crippen LogP contribution in [0.3, 0.4) is 0 Å². The van der Waals surface area contributed by atoms with E-state index in [1.165, 1.54) is 0 Å². The molecule has 106 valence electrons. The number of aliphatic hydroxyl groups is 1. The van der Waals surface area contributed by atoms with Crippen molar-refractivity contribution in [2.75, 3.05) is 25.5 Å². The lowest BCUT2D eigenvalue weighted by Crippen LogP contribution is -2.34. The summed E-state index contributed by atoms with van der Waals surface area (Å²) in [4.78, 5) is 13.5. The summed E-state index contributed by atoms with van der Waals surface area (Å²) >= 11 is 3.51. The summed E-state index contributed by atoms with van der Waals surface area (Å²) in [6, 6.07) is 5.75. The van der Waals surface area contributed by atoms with Crippen molar-refractivity contribution in [1.29, 1.82) is 0 Å². The highest BCUT2D eigenvalue weighted by Crippen LogP contribution is 2.29. The van der Waals surface area contributed by atoms with Gasteiger partial charge in [0.25, 0.3) is 0 Å². The summed E-state index contributed by atoms with van der Waals surface area (Å²) in [5.41, 5.74) is 1.86. The van der Waals surface area contributed by atoms with Crippen LogP contribution in [0.15, 0.2) is 22.7 Å². The highest BCUT2D eigenvalue weighted by molar-refractivity contribution is 9.10. The molecule has 1 aromatic rings. The lowest BCUT2D eigenvalue weighted by atomic mass is 10.1. The largest absolute Gasteiger partial charge is 0.389 e. The van der Waals surface area contributed by atoms with E-state index >= 15 is 0 Å². The van der Waals surface area contributed by atoms with Crippen molar-refractivity contribution in [1.82, 2.24) is 5.32 Å². The Hall–Kier alpha value is -1.07. The number of amides is 1. The molecule has 0 saturated carbocycles. The van der Waals surface area contributed by atoms with Crippen LogP contribution in [0.1, 0.15) is 25.5 Å². The molecule has 0 aromatic heterocycles. The summed E-state index contributed by atoms with van der Waals surface area (Å²) in [5, 5.41) is 12.2. The average Bonchev–Trinajstić information content (AvgIpc) is 2.37. The average molecular weight is 329 g/mol. The number of carbonyl (C=O) groups excluding carboxylic acids is 1. The Bertz CT molecular complexity index is 449. The van der Waals surface area contributed by atoms with Crippen LogP contribution in [-0.2, 0) is 4.79 Å². The van der Waals surface area contributed by atoms with Crippen LogP contribution < -0.4 is 10.2 Å². The van der Waals surface area contributed by atoms with Crippen LogP contribution in [0, 0.1) is 5.92 Å². The number of hydrogen-bond acceptors (Lipinski definition) is 3. The Kier molecular flexibility index (Phi) is 5.82. The molecule has 0 saturated heterocycles. The van der Waals surface area contributed by atoms with Gasteiger partial charge in [0.1, 0.15) is 0 Å². The normalized spacial score (nSPS) is 13.8. The smallest absolute Gasteiger partial charge is 0.224 e. The Morgan fingerprint density at radius 2 is 2.11 bits per heavy atom. The summed E-state index contributed by atoms with van der Waals surface area (Å²) in [6.07, 6.45) is -0.486. The maximum absolute atomic E-state index is 11.5. The second-order valence-corrected chi connectivity index (χ2v) is 5.64. The molecule has 0 aliphatic carbocycles. The van der Waals surface area contributed by atoms with E-state index in [1.807, 2.05) is 37.1 Å². The van der Waals surface area contributed by atoms with Crippen LogP contribution >= 0.6 is 15.9 Å². The third-order valence-electron chi connectivity index (χ3n) is 3.11. The van der Waals surface area contributed by atoms with Gasteiger partial charge in [-0.05, 0) is 40.5 Å². The number of rotatable bonds is 5. The van der Waals surface area contributed by atoms with E-state index < -0.39 is 6.10 Å². The Labute approximate surface area is 122 Å². The summed E-state index contributed by atoms with van der Waals surface area (Å²) in [7, 11) is 3.59. The quantitative estimate of drug-likeness (QED) is 0.872. The van der Waals surface area contributed by atoms with Gasteiger partial charge in [-0.2, -0.15) is 0 Å². The first-order valence-corrected chi connectivity index (χ1v) is 7.06. The van der Waals surface area contributed by atoms with Gasteiger partial charge >= 0.3 is 0 Å². The van der Waals surface area contributed by atoms with Crippen molar-refractivity contribution in [2.45, 2.75) is 20.0 Å². The first-order chi connectivity index (χ1) is 8.86. The minimum atomic E-state index is -0.486. The molecule has 0 bridgehead atoms. The zero-order valence-corrected chi connectivity index (χ0v) is 13.4. The topological polar surface area (TPSA) is 52.6 Å². The van der Waals surface area contributed by atoms with Crippen molar-refractivity contribution in [3.8, 4) is 0 Å². The molecule has 1 aromatic carbocycles. The monoisotopic (exact) mass is 328 g/mol. The predicted molar refractivity (Wildman–Crippen MR) is 81.3 cm³/mol. The van der Waals surface area contributed by atoms with E-state index in [1.54, 1.807) is 14.0 Å². The number of aliphatic hydroxyl groups excluding tert-OH is 1. The first-order valence-electron chi connectivity index (χ1n) is 6.27. The second-order valence-electron chi connectivity index (χ2n) is 4.78. The molecule has 0 aliphatic heterocycles. The van der Waals surface area contributed by atoms with Crippen LogP contribution in [0.2, 0.25) is 0 Å². The van der Waals surface area contributed by atoms with Gasteiger partial charge in [-0.3, -0.25) is 4.79 Å². The van der Waals surface area contributed by atoms with Crippen LogP contribution in [0.25, 0.3) is 0 Å². The molecule has 4 nitrogen and oxygen atoms in total. The van der Waals surface area contributed by atoms with E-state index in [-0.39, 0.29) is 11.8 Å². The fraction of sp³-hybridized carbons (Fsp3) is 0.500. The maximum atomic E-state index is 11.5. The fourth-order valence-electron chi connectivity index (χ4n) is 1.93. The van der Waals surface area contributed by atoms with E-state index in [0.717, 1.165) is 15.7 Å². The maximum Gasteiger partial charge on any atom is 0.224 e. The van der Waals surface area contributed by atoms with Gasteiger partial charge in [0.15, 0.2) is 0 Å². The lowest BCUT2D eigenvalue weighted by molar-refractivity contribution is -0.123. The molecule has 2 N–H and O–H groups in total. The molecule has 0 fully saturated rings. The Morgan fingerprint density at radius 1 is 1.47 bits per heavy atom. The molecule has 19 heavy (non-hydrogen) atoms. The van der Waals surface area contributed by atoms with Crippen molar-refractivity contribution in [3.05, 3.63) is 28.2 Å². The number of nitrogens with zero attached hydrogens (tertiary/aromatic N) is 1. The zero-order chi connectivity index (χ0) is 14.6. The van der Waals surface area contributed by atoms with E-state index in [4.69, 9.17) is 0 Å². The third-order valence-corrected chi connectivity index (χ3v) is 3.74. The highest BCUT2D eigenvalue weighted by atomic mass is 79.9. The Balaban J connectivity index is 2.83. The molecule has 0 aliphatic rings. The number of carbonyl (C=O) groups is 1. The van der Waals surface area contributed by atoms with E-state index in [0.29, 0.717) is 6.54 Å². The first kappa shape index (κ1) is 16.0. The van der Waals surface area contributed by atoms with Crippen LogP contribution in [-0.4, -0.2) is 31.7 Å².